The number of carbonyl (C=O) groups excluding carboxylic acids is 1. The molecule has 6 nitrogen and oxygen atoms in total. The van der Waals surface area contributed by atoms with E-state index in [0.29, 0.717) is 6.54 Å². The molecule has 1 aliphatic heterocycles. The molecule has 0 aliphatic carbocycles. The summed E-state index contributed by atoms with van der Waals surface area (Å²) in [5, 5.41) is 12.4. The number of rotatable bonds is 6. The van der Waals surface area contributed by atoms with Crippen molar-refractivity contribution in [3.05, 3.63) is 78.4 Å². The van der Waals surface area contributed by atoms with Crippen LogP contribution in [-0.2, 0) is 4.79 Å². The molecule has 0 atom stereocenters. The number of carbonyl (C=O) groups is 1. The fourth-order valence-corrected chi connectivity index (χ4v) is 3.70. The number of aryl methyl sites for hydroxylation is 1. The molecule has 6 heteroatoms. The van der Waals surface area contributed by atoms with Crippen molar-refractivity contribution < 1.29 is 19.5 Å². The summed E-state index contributed by atoms with van der Waals surface area (Å²) in [5.41, 5.74) is 3.06. The maximum atomic E-state index is 12.5. The van der Waals surface area contributed by atoms with Crippen LogP contribution in [0.3, 0.4) is 0 Å². The number of piperazine rings is 1. The molecule has 0 unspecified atom stereocenters. The van der Waals surface area contributed by atoms with E-state index in [1.54, 1.807) is 12.1 Å². The van der Waals surface area contributed by atoms with Gasteiger partial charge in [-0.15, -0.1) is 0 Å². The van der Waals surface area contributed by atoms with Crippen molar-refractivity contribution >= 4 is 17.3 Å². The standard InChI is InChI=1S/C25H27N3O3/c1-19-2-10-23(11-3-19)31-24-12-4-20(5-13-24)26-25(30)18-27-14-16-28(17-15-27)21-6-8-22(29)9-7-21/h2-13,29H,14-18H2,1H3,(H,26,30)/p+1. The summed E-state index contributed by atoms with van der Waals surface area (Å²) in [7, 11) is 0. The van der Waals surface area contributed by atoms with E-state index >= 15 is 0 Å². The minimum Gasteiger partial charge on any atom is -0.508 e. The number of nitrogens with zero attached hydrogens (tertiary/aromatic N) is 1. The highest BCUT2D eigenvalue weighted by molar-refractivity contribution is 5.91. The minimum absolute atomic E-state index is 0.0142. The van der Waals surface area contributed by atoms with Gasteiger partial charge in [-0.05, 0) is 67.6 Å². The molecule has 160 valence electrons. The smallest absolute Gasteiger partial charge is 0.279 e. The second-order valence-electron chi connectivity index (χ2n) is 7.92. The van der Waals surface area contributed by atoms with Gasteiger partial charge in [0.2, 0.25) is 0 Å². The monoisotopic (exact) mass is 418 g/mol. The van der Waals surface area contributed by atoms with E-state index in [4.69, 9.17) is 4.74 Å². The third-order valence-corrected chi connectivity index (χ3v) is 5.49. The topological polar surface area (TPSA) is 66.2 Å². The van der Waals surface area contributed by atoms with Crippen molar-refractivity contribution in [2.24, 2.45) is 0 Å². The molecule has 1 aliphatic rings. The van der Waals surface area contributed by atoms with E-state index in [2.05, 4.69) is 10.2 Å². The van der Waals surface area contributed by atoms with Gasteiger partial charge in [0.15, 0.2) is 6.54 Å². The molecule has 1 fully saturated rings. The molecule has 0 aromatic heterocycles. The first-order valence-corrected chi connectivity index (χ1v) is 10.6. The number of ether oxygens (including phenoxy) is 1. The maximum absolute atomic E-state index is 12.5. The Morgan fingerprint density at radius 3 is 2.13 bits per heavy atom. The number of quaternary nitrogens is 1. The number of phenols is 1. The number of hydrogen-bond acceptors (Lipinski definition) is 4. The Balaban J connectivity index is 1.23. The lowest BCUT2D eigenvalue weighted by atomic mass is 10.2. The third-order valence-electron chi connectivity index (χ3n) is 5.49. The van der Waals surface area contributed by atoms with Crippen LogP contribution in [0.5, 0.6) is 17.2 Å². The summed E-state index contributed by atoms with van der Waals surface area (Å²) in [5.74, 6) is 1.81. The van der Waals surface area contributed by atoms with Gasteiger partial charge in [-0.2, -0.15) is 0 Å². The second kappa shape index (κ2) is 9.53. The summed E-state index contributed by atoms with van der Waals surface area (Å²) < 4.78 is 5.83. The Labute approximate surface area is 182 Å². The Morgan fingerprint density at radius 1 is 0.935 bits per heavy atom. The van der Waals surface area contributed by atoms with Gasteiger partial charge < -0.3 is 25.0 Å². The van der Waals surface area contributed by atoms with Crippen LogP contribution in [0.2, 0.25) is 0 Å². The molecule has 3 N–H and O–H groups in total. The van der Waals surface area contributed by atoms with Gasteiger partial charge in [0.05, 0.1) is 26.2 Å². The molecule has 0 saturated carbocycles. The van der Waals surface area contributed by atoms with Crippen LogP contribution in [0.4, 0.5) is 11.4 Å². The van der Waals surface area contributed by atoms with Gasteiger partial charge in [-0.1, -0.05) is 17.7 Å². The number of amides is 1. The van der Waals surface area contributed by atoms with Gasteiger partial charge in [0.25, 0.3) is 5.91 Å². The number of aromatic hydroxyl groups is 1. The highest BCUT2D eigenvalue weighted by atomic mass is 16.5. The quantitative estimate of drug-likeness (QED) is 0.576. The molecule has 1 heterocycles. The molecule has 0 bridgehead atoms. The molecular formula is C25H28N3O3+. The molecule has 31 heavy (non-hydrogen) atoms. The fraction of sp³-hybridized carbons (Fsp3) is 0.240. The van der Waals surface area contributed by atoms with E-state index in [-0.39, 0.29) is 11.7 Å². The number of nitrogens with one attached hydrogen (secondary N) is 2. The first kappa shape index (κ1) is 20.8. The molecule has 0 spiro atoms. The zero-order valence-corrected chi connectivity index (χ0v) is 17.7. The first-order chi connectivity index (χ1) is 15.0. The van der Waals surface area contributed by atoms with Crippen molar-refractivity contribution in [2.45, 2.75) is 6.92 Å². The molecular weight excluding hydrogens is 390 g/mol. The Morgan fingerprint density at radius 2 is 1.52 bits per heavy atom. The van der Waals surface area contributed by atoms with Crippen molar-refractivity contribution in [3.63, 3.8) is 0 Å². The zero-order valence-electron chi connectivity index (χ0n) is 17.7. The predicted octanol–water partition coefficient (Wildman–Crippen LogP) is 2.84. The predicted molar refractivity (Wildman–Crippen MR) is 122 cm³/mol. The van der Waals surface area contributed by atoms with Gasteiger partial charge in [0.1, 0.15) is 17.2 Å². The average Bonchev–Trinajstić information content (AvgIpc) is 2.78. The van der Waals surface area contributed by atoms with Crippen LogP contribution in [0, 0.1) is 6.92 Å². The summed E-state index contributed by atoms with van der Waals surface area (Å²) >= 11 is 0. The minimum atomic E-state index is 0.0142. The van der Waals surface area contributed by atoms with E-state index in [0.717, 1.165) is 49.1 Å². The van der Waals surface area contributed by atoms with Crippen LogP contribution in [0.1, 0.15) is 5.56 Å². The van der Waals surface area contributed by atoms with Crippen LogP contribution in [0.15, 0.2) is 72.8 Å². The molecule has 3 aromatic rings. The van der Waals surface area contributed by atoms with Crippen LogP contribution in [0.25, 0.3) is 0 Å². The highest BCUT2D eigenvalue weighted by Crippen LogP contribution is 2.23. The third kappa shape index (κ3) is 5.77. The normalized spacial score (nSPS) is 14.3. The molecule has 1 saturated heterocycles. The van der Waals surface area contributed by atoms with E-state index < -0.39 is 0 Å². The van der Waals surface area contributed by atoms with Gasteiger partial charge >= 0.3 is 0 Å². The highest BCUT2D eigenvalue weighted by Gasteiger charge is 2.22. The number of anilines is 2. The maximum Gasteiger partial charge on any atom is 0.279 e. The lowest BCUT2D eigenvalue weighted by Crippen LogP contribution is -3.15. The molecule has 3 aromatic carbocycles. The summed E-state index contributed by atoms with van der Waals surface area (Å²) in [6.07, 6.45) is 0. The molecule has 1 amide bonds. The lowest BCUT2D eigenvalue weighted by molar-refractivity contribution is -0.892. The van der Waals surface area contributed by atoms with E-state index in [1.165, 1.54) is 10.5 Å². The lowest BCUT2D eigenvalue weighted by Gasteiger charge is -2.33. The van der Waals surface area contributed by atoms with Gasteiger partial charge in [0, 0.05) is 11.4 Å². The average molecular weight is 419 g/mol. The first-order valence-electron chi connectivity index (χ1n) is 10.6. The van der Waals surface area contributed by atoms with Gasteiger partial charge in [-0.25, -0.2) is 0 Å². The SMILES string of the molecule is Cc1ccc(Oc2ccc(NC(=O)C[NH+]3CCN(c4ccc(O)cc4)CC3)cc2)cc1. The largest absolute Gasteiger partial charge is 0.508 e. The Kier molecular flexibility index (Phi) is 6.38. The Bertz CT molecular complexity index is 994. The van der Waals surface area contributed by atoms with E-state index in [9.17, 15) is 9.90 Å². The summed E-state index contributed by atoms with van der Waals surface area (Å²) in [6, 6.07) is 22.6. The summed E-state index contributed by atoms with van der Waals surface area (Å²) in [6.45, 7) is 6.07. The van der Waals surface area contributed by atoms with Crippen molar-refractivity contribution in [1.29, 1.82) is 0 Å². The number of phenolic OH excluding ortho intramolecular Hbond substituents is 1. The van der Waals surface area contributed by atoms with Gasteiger partial charge in [-0.3, -0.25) is 4.79 Å². The molecule has 4 rings (SSSR count). The fourth-order valence-electron chi connectivity index (χ4n) is 3.70. The summed E-state index contributed by atoms with van der Waals surface area (Å²) in [4.78, 5) is 16.0. The van der Waals surface area contributed by atoms with Crippen molar-refractivity contribution in [2.75, 3.05) is 42.9 Å². The number of hydrogen-bond donors (Lipinski definition) is 3. The van der Waals surface area contributed by atoms with Crippen LogP contribution >= 0.6 is 0 Å². The van der Waals surface area contributed by atoms with E-state index in [1.807, 2.05) is 67.6 Å². The van der Waals surface area contributed by atoms with Crippen molar-refractivity contribution in [1.82, 2.24) is 0 Å². The second-order valence-corrected chi connectivity index (χ2v) is 7.92. The molecule has 0 radical (unpaired) electrons. The zero-order chi connectivity index (χ0) is 21.6. The number of benzene rings is 3. The van der Waals surface area contributed by atoms with Crippen LogP contribution < -0.4 is 19.9 Å². The van der Waals surface area contributed by atoms with Crippen LogP contribution in [-0.4, -0.2) is 43.7 Å². The van der Waals surface area contributed by atoms with Crippen molar-refractivity contribution in [3.8, 4) is 17.2 Å². The Hall–Kier alpha value is -3.51.